The maximum atomic E-state index is 12.0. The largest absolute Gasteiger partial charge is 0.481 e. The van der Waals surface area contributed by atoms with E-state index in [1.54, 1.807) is 12.1 Å². The summed E-state index contributed by atoms with van der Waals surface area (Å²) in [7, 11) is 0. The Bertz CT molecular complexity index is 444. The summed E-state index contributed by atoms with van der Waals surface area (Å²) < 4.78 is 28.3. The zero-order valence-corrected chi connectivity index (χ0v) is 9.90. The van der Waals surface area contributed by atoms with Crippen LogP contribution in [0.15, 0.2) is 24.3 Å². The van der Waals surface area contributed by atoms with Gasteiger partial charge in [-0.05, 0) is 36.5 Å². The molecule has 0 radical (unpaired) electrons. The number of carboxylic acids is 1. The lowest BCUT2D eigenvalue weighted by Crippen LogP contribution is -2.49. The van der Waals surface area contributed by atoms with E-state index in [4.69, 9.17) is 0 Å². The van der Waals surface area contributed by atoms with Crippen molar-refractivity contribution >= 4 is 5.97 Å². The van der Waals surface area contributed by atoms with Gasteiger partial charge in [0.15, 0.2) is 0 Å². The molecule has 1 aromatic rings. The summed E-state index contributed by atoms with van der Waals surface area (Å²) in [6, 6.07) is 5.89. The lowest BCUT2D eigenvalue weighted by molar-refractivity contribution is -0.151. The van der Waals surface area contributed by atoms with E-state index in [0.717, 1.165) is 6.42 Å². The highest BCUT2D eigenvalue weighted by Gasteiger charge is 2.51. The van der Waals surface area contributed by atoms with Crippen molar-refractivity contribution in [1.29, 1.82) is 0 Å². The van der Waals surface area contributed by atoms with Gasteiger partial charge in [0.05, 0.1) is 5.41 Å². The van der Waals surface area contributed by atoms with Crippen molar-refractivity contribution in [3.05, 3.63) is 29.8 Å². The summed E-state index contributed by atoms with van der Waals surface area (Å²) in [6.07, 6.45) is 1.44. The standard InChI is InChI=1S/C13H14F2O3/c1-8-6-7-13(8,11(16)17)9-2-4-10(5-3-9)18-12(14)15/h2-5,8,12H,6-7H2,1H3,(H,16,17). The number of carboxylic acid groups (broad SMARTS) is 1. The molecule has 0 spiro atoms. The number of ether oxygens (including phenoxy) is 1. The van der Waals surface area contributed by atoms with Crippen LogP contribution in [-0.2, 0) is 10.2 Å². The second-order valence-electron chi connectivity index (χ2n) is 4.62. The topological polar surface area (TPSA) is 46.5 Å². The van der Waals surface area contributed by atoms with Crippen LogP contribution in [-0.4, -0.2) is 17.7 Å². The smallest absolute Gasteiger partial charge is 0.387 e. The quantitative estimate of drug-likeness (QED) is 0.900. The lowest BCUT2D eigenvalue weighted by atomic mass is 9.57. The highest BCUT2D eigenvalue weighted by atomic mass is 19.3. The molecule has 2 unspecified atom stereocenters. The normalized spacial score (nSPS) is 26.8. The van der Waals surface area contributed by atoms with Gasteiger partial charge >= 0.3 is 12.6 Å². The van der Waals surface area contributed by atoms with Crippen LogP contribution in [0.2, 0.25) is 0 Å². The van der Waals surface area contributed by atoms with Gasteiger partial charge in [-0.3, -0.25) is 4.79 Å². The minimum atomic E-state index is -2.87. The van der Waals surface area contributed by atoms with Gasteiger partial charge in [-0.15, -0.1) is 0 Å². The average molecular weight is 256 g/mol. The van der Waals surface area contributed by atoms with Crippen molar-refractivity contribution in [2.24, 2.45) is 5.92 Å². The highest BCUT2D eigenvalue weighted by molar-refractivity contribution is 5.83. The van der Waals surface area contributed by atoms with Crippen LogP contribution in [0.25, 0.3) is 0 Å². The molecule has 0 saturated heterocycles. The number of benzene rings is 1. The van der Waals surface area contributed by atoms with Crippen molar-refractivity contribution in [3.8, 4) is 5.75 Å². The molecule has 1 saturated carbocycles. The van der Waals surface area contributed by atoms with E-state index in [1.165, 1.54) is 12.1 Å². The number of halogens is 2. The summed E-state index contributed by atoms with van der Waals surface area (Å²) in [6.45, 7) is -0.979. The fraction of sp³-hybridized carbons (Fsp3) is 0.462. The van der Waals surface area contributed by atoms with Gasteiger partial charge in [0.2, 0.25) is 0 Å². The minimum absolute atomic E-state index is 0.0428. The van der Waals surface area contributed by atoms with Gasteiger partial charge in [0, 0.05) is 0 Å². The second kappa shape index (κ2) is 4.55. The van der Waals surface area contributed by atoms with Crippen molar-refractivity contribution < 1.29 is 23.4 Å². The summed E-state index contributed by atoms with van der Waals surface area (Å²) in [5.41, 5.74) is -0.223. The van der Waals surface area contributed by atoms with E-state index in [-0.39, 0.29) is 11.7 Å². The molecular weight excluding hydrogens is 242 g/mol. The predicted octanol–water partition coefficient (Wildman–Crippen LogP) is 3.04. The maximum Gasteiger partial charge on any atom is 0.387 e. The number of aliphatic carboxylic acids is 1. The van der Waals surface area contributed by atoms with Gasteiger partial charge in [-0.2, -0.15) is 8.78 Å². The number of carbonyl (C=O) groups is 1. The lowest BCUT2D eigenvalue weighted by Gasteiger charge is -2.44. The van der Waals surface area contributed by atoms with Crippen LogP contribution in [0.1, 0.15) is 25.3 Å². The summed E-state index contributed by atoms with van der Waals surface area (Å²) in [5.74, 6) is -0.762. The van der Waals surface area contributed by atoms with Gasteiger partial charge in [0.1, 0.15) is 5.75 Å². The summed E-state index contributed by atoms with van der Waals surface area (Å²) in [5, 5.41) is 9.37. The molecule has 1 fully saturated rings. The molecule has 5 heteroatoms. The third-order valence-electron chi connectivity index (χ3n) is 3.79. The summed E-state index contributed by atoms with van der Waals surface area (Å²) in [4.78, 5) is 11.4. The molecule has 0 aliphatic heterocycles. The van der Waals surface area contributed by atoms with Crippen molar-refractivity contribution in [2.75, 3.05) is 0 Å². The molecule has 0 aromatic heterocycles. The molecule has 1 N–H and O–H groups in total. The SMILES string of the molecule is CC1CCC1(C(=O)O)c1ccc(OC(F)F)cc1. The minimum Gasteiger partial charge on any atom is -0.481 e. The zero-order chi connectivity index (χ0) is 13.3. The molecule has 1 aliphatic carbocycles. The number of rotatable bonds is 4. The Morgan fingerprint density at radius 2 is 2.06 bits per heavy atom. The Balaban J connectivity index is 2.25. The van der Waals surface area contributed by atoms with Crippen LogP contribution in [0.3, 0.4) is 0 Å². The third kappa shape index (κ3) is 1.94. The molecule has 18 heavy (non-hydrogen) atoms. The molecule has 0 bridgehead atoms. The van der Waals surface area contributed by atoms with Crippen LogP contribution >= 0.6 is 0 Å². The van der Waals surface area contributed by atoms with Gasteiger partial charge in [-0.25, -0.2) is 0 Å². The van der Waals surface area contributed by atoms with E-state index < -0.39 is 18.0 Å². The molecule has 98 valence electrons. The van der Waals surface area contributed by atoms with Crippen LogP contribution in [0.5, 0.6) is 5.75 Å². The van der Waals surface area contributed by atoms with E-state index in [9.17, 15) is 18.7 Å². The first-order valence-corrected chi connectivity index (χ1v) is 5.75. The number of alkyl halides is 2. The fourth-order valence-corrected chi connectivity index (χ4v) is 2.53. The maximum absolute atomic E-state index is 12.0. The van der Waals surface area contributed by atoms with Crippen molar-refractivity contribution in [3.63, 3.8) is 0 Å². The summed E-state index contributed by atoms with van der Waals surface area (Å²) >= 11 is 0. The van der Waals surface area contributed by atoms with E-state index in [2.05, 4.69) is 4.74 Å². The predicted molar refractivity (Wildman–Crippen MR) is 60.8 cm³/mol. The number of hydrogen-bond donors (Lipinski definition) is 1. The van der Waals surface area contributed by atoms with Gasteiger partial charge in [0.25, 0.3) is 0 Å². The molecule has 1 aliphatic rings. The van der Waals surface area contributed by atoms with Gasteiger partial charge in [-0.1, -0.05) is 19.1 Å². The Morgan fingerprint density at radius 3 is 2.39 bits per heavy atom. The van der Waals surface area contributed by atoms with Crippen LogP contribution in [0.4, 0.5) is 8.78 Å². The Morgan fingerprint density at radius 1 is 1.44 bits per heavy atom. The van der Waals surface area contributed by atoms with Gasteiger partial charge < -0.3 is 9.84 Å². The highest BCUT2D eigenvalue weighted by Crippen LogP contribution is 2.49. The molecule has 2 rings (SSSR count). The molecule has 2 atom stereocenters. The number of hydrogen-bond acceptors (Lipinski definition) is 2. The molecule has 0 heterocycles. The first-order valence-electron chi connectivity index (χ1n) is 5.75. The van der Waals surface area contributed by atoms with Crippen molar-refractivity contribution in [1.82, 2.24) is 0 Å². The van der Waals surface area contributed by atoms with Crippen LogP contribution in [0, 0.1) is 5.92 Å². The van der Waals surface area contributed by atoms with Crippen LogP contribution < -0.4 is 4.74 Å². The molecule has 3 nitrogen and oxygen atoms in total. The molecular formula is C13H14F2O3. The van der Waals surface area contributed by atoms with Crippen molar-refractivity contribution in [2.45, 2.75) is 31.8 Å². The zero-order valence-electron chi connectivity index (χ0n) is 9.90. The third-order valence-corrected chi connectivity index (χ3v) is 3.79. The first kappa shape index (κ1) is 12.8. The Hall–Kier alpha value is -1.65. The molecule has 1 aromatic carbocycles. The van der Waals surface area contributed by atoms with E-state index in [0.29, 0.717) is 12.0 Å². The van der Waals surface area contributed by atoms with E-state index in [1.807, 2.05) is 6.92 Å². The monoisotopic (exact) mass is 256 g/mol. The second-order valence-corrected chi connectivity index (χ2v) is 4.62. The van der Waals surface area contributed by atoms with E-state index >= 15 is 0 Å². The first-order chi connectivity index (χ1) is 8.46. The average Bonchev–Trinajstić information content (AvgIpc) is 2.29. The fourth-order valence-electron chi connectivity index (χ4n) is 2.53. The Labute approximate surface area is 103 Å². The Kier molecular flexibility index (Phi) is 3.24. The molecule has 0 amide bonds.